The summed E-state index contributed by atoms with van der Waals surface area (Å²) >= 11 is 0. The minimum Gasteiger partial charge on any atom is -0.363 e. The van der Waals surface area contributed by atoms with Crippen LogP contribution in [0.15, 0.2) is 54.6 Å². The van der Waals surface area contributed by atoms with E-state index in [1.54, 1.807) is 0 Å². The van der Waals surface area contributed by atoms with Crippen LogP contribution in [0.4, 0.5) is 5.82 Å². The van der Waals surface area contributed by atoms with Crippen molar-refractivity contribution in [2.45, 2.75) is 71.4 Å². The SMILES string of the molecule is Cc1ccc(C(C)(C)CC(=O)c2c(C)nn3c2NC(c2ccccc2)CC3(C)C)cc1. The number of fused-ring (bicyclic) bond motifs is 1. The zero-order valence-electron chi connectivity index (χ0n) is 19.5. The standard InChI is InChI=1S/C27H33N3O/c1-18-12-14-21(15-13-18)26(3,4)17-23(31)24-19(2)29-30-25(24)28-22(16-27(30,5)6)20-10-8-7-9-11-20/h7-15,22,28H,16-17H2,1-6H3. The van der Waals surface area contributed by atoms with Crippen LogP contribution in [0.25, 0.3) is 0 Å². The molecule has 1 aliphatic heterocycles. The number of anilines is 1. The van der Waals surface area contributed by atoms with Gasteiger partial charge in [-0.25, -0.2) is 4.68 Å². The molecule has 1 N–H and O–H groups in total. The first-order valence-electron chi connectivity index (χ1n) is 11.1. The highest BCUT2D eigenvalue weighted by molar-refractivity contribution is 6.02. The summed E-state index contributed by atoms with van der Waals surface area (Å²) < 4.78 is 2.02. The summed E-state index contributed by atoms with van der Waals surface area (Å²) in [5.41, 5.74) is 4.74. The van der Waals surface area contributed by atoms with E-state index in [0.29, 0.717) is 6.42 Å². The predicted molar refractivity (Wildman–Crippen MR) is 127 cm³/mol. The van der Waals surface area contributed by atoms with Gasteiger partial charge in [-0.3, -0.25) is 4.79 Å². The van der Waals surface area contributed by atoms with Crippen LogP contribution in [0.5, 0.6) is 0 Å². The molecule has 4 nitrogen and oxygen atoms in total. The molecule has 162 valence electrons. The molecule has 4 heteroatoms. The summed E-state index contributed by atoms with van der Waals surface area (Å²) in [6, 6.07) is 19.1. The fourth-order valence-electron chi connectivity index (χ4n) is 4.72. The van der Waals surface area contributed by atoms with E-state index >= 15 is 0 Å². The lowest BCUT2D eigenvalue weighted by Crippen LogP contribution is -2.38. The molecule has 0 bridgehead atoms. The molecule has 2 aromatic carbocycles. The van der Waals surface area contributed by atoms with E-state index in [2.05, 4.69) is 88.5 Å². The Balaban J connectivity index is 1.68. The number of benzene rings is 2. The second-order valence-corrected chi connectivity index (χ2v) is 10.2. The number of carbonyl (C=O) groups excluding carboxylic acids is 1. The highest BCUT2D eigenvalue weighted by atomic mass is 16.1. The van der Waals surface area contributed by atoms with E-state index < -0.39 is 0 Å². The van der Waals surface area contributed by atoms with Crippen molar-refractivity contribution in [3.05, 3.63) is 82.5 Å². The number of Topliss-reactive ketones (excluding diaryl/α,β-unsaturated/α-hetero) is 1. The third kappa shape index (κ3) is 4.04. The van der Waals surface area contributed by atoms with Crippen LogP contribution in [-0.4, -0.2) is 15.6 Å². The summed E-state index contributed by atoms with van der Waals surface area (Å²) in [6.07, 6.45) is 1.35. The Labute approximate surface area is 185 Å². The molecule has 0 saturated heterocycles. The quantitative estimate of drug-likeness (QED) is 0.494. The lowest BCUT2D eigenvalue weighted by atomic mass is 9.78. The Morgan fingerprint density at radius 2 is 1.74 bits per heavy atom. The summed E-state index contributed by atoms with van der Waals surface area (Å²) in [6.45, 7) is 12.7. The first-order valence-corrected chi connectivity index (χ1v) is 11.1. The van der Waals surface area contributed by atoms with Gasteiger partial charge in [0.2, 0.25) is 0 Å². The zero-order valence-corrected chi connectivity index (χ0v) is 19.5. The summed E-state index contributed by atoms with van der Waals surface area (Å²) in [7, 11) is 0. The van der Waals surface area contributed by atoms with Crippen molar-refractivity contribution >= 4 is 11.6 Å². The molecule has 3 aromatic rings. The topological polar surface area (TPSA) is 46.9 Å². The van der Waals surface area contributed by atoms with Crippen molar-refractivity contribution in [2.24, 2.45) is 0 Å². The molecule has 1 atom stereocenters. The maximum absolute atomic E-state index is 13.6. The van der Waals surface area contributed by atoms with Gasteiger partial charge in [0, 0.05) is 6.42 Å². The van der Waals surface area contributed by atoms with Gasteiger partial charge in [-0.15, -0.1) is 0 Å². The summed E-state index contributed by atoms with van der Waals surface area (Å²) in [5.74, 6) is 0.994. The highest BCUT2D eigenvalue weighted by Crippen LogP contribution is 2.42. The van der Waals surface area contributed by atoms with Crippen molar-refractivity contribution in [1.82, 2.24) is 9.78 Å². The molecule has 0 aliphatic carbocycles. The van der Waals surface area contributed by atoms with Crippen molar-refractivity contribution in [2.75, 3.05) is 5.32 Å². The molecular weight excluding hydrogens is 382 g/mol. The van der Waals surface area contributed by atoms with E-state index in [0.717, 1.165) is 23.5 Å². The van der Waals surface area contributed by atoms with Crippen molar-refractivity contribution < 1.29 is 4.79 Å². The first-order chi connectivity index (χ1) is 14.6. The monoisotopic (exact) mass is 415 g/mol. The molecule has 0 radical (unpaired) electrons. The summed E-state index contributed by atoms with van der Waals surface area (Å²) in [4.78, 5) is 13.6. The fraction of sp³-hybridized carbons (Fsp3) is 0.407. The van der Waals surface area contributed by atoms with Gasteiger partial charge in [-0.1, -0.05) is 74.0 Å². The molecule has 31 heavy (non-hydrogen) atoms. The Morgan fingerprint density at radius 1 is 1.10 bits per heavy atom. The highest BCUT2D eigenvalue weighted by Gasteiger charge is 2.38. The maximum Gasteiger partial charge on any atom is 0.169 e. The third-order valence-electron chi connectivity index (χ3n) is 6.56. The van der Waals surface area contributed by atoms with Crippen LogP contribution in [0.2, 0.25) is 0 Å². The van der Waals surface area contributed by atoms with Crippen LogP contribution in [0.3, 0.4) is 0 Å². The van der Waals surface area contributed by atoms with Gasteiger partial charge in [0.25, 0.3) is 0 Å². The van der Waals surface area contributed by atoms with Gasteiger partial charge in [-0.05, 0) is 50.7 Å². The Morgan fingerprint density at radius 3 is 2.39 bits per heavy atom. The average Bonchev–Trinajstić information content (AvgIpc) is 3.05. The maximum atomic E-state index is 13.6. The van der Waals surface area contributed by atoms with E-state index in [4.69, 9.17) is 5.10 Å². The van der Waals surface area contributed by atoms with E-state index in [-0.39, 0.29) is 22.8 Å². The molecular formula is C27H33N3O. The van der Waals surface area contributed by atoms with Crippen molar-refractivity contribution in [1.29, 1.82) is 0 Å². The largest absolute Gasteiger partial charge is 0.363 e. The van der Waals surface area contributed by atoms with Gasteiger partial charge in [0.1, 0.15) is 5.82 Å². The minimum absolute atomic E-state index is 0.140. The molecule has 1 aliphatic rings. The lowest BCUT2D eigenvalue weighted by molar-refractivity contribution is 0.0958. The number of aryl methyl sites for hydroxylation is 2. The summed E-state index contributed by atoms with van der Waals surface area (Å²) in [5, 5.41) is 8.45. The number of ketones is 1. The molecule has 1 unspecified atom stereocenters. The number of nitrogens with one attached hydrogen (secondary N) is 1. The Kier molecular flexibility index (Phi) is 5.28. The normalized spacial score (nSPS) is 17.7. The Bertz CT molecular complexity index is 1090. The zero-order chi connectivity index (χ0) is 22.4. The average molecular weight is 416 g/mol. The molecule has 2 heterocycles. The second-order valence-electron chi connectivity index (χ2n) is 10.2. The molecule has 1 aromatic heterocycles. The molecule has 0 spiro atoms. The number of hydrogen-bond acceptors (Lipinski definition) is 3. The van der Waals surface area contributed by atoms with Gasteiger partial charge < -0.3 is 5.32 Å². The number of nitrogens with zero attached hydrogens (tertiary/aromatic N) is 2. The van der Waals surface area contributed by atoms with Crippen molar-refractivity contribution in [3.63, 3.8) is 0 Å². The van der Waals surface area contributed by atoms with Gasteiger partial charge in [-0.2, -0.15) is 5.10 Å². The van der Waals surface area contributed by atoms with E-state index in [1.807, 2.05) is 17.7 Å². The number of hydrogen-bond donors (Lipinski definition) is 1. The molecule has 4 rings (SSSR count). The number of carbonyl (C=O) groups is 1. The predicted octanol–water partition coefficient (Wildman–Crippen LogP) is 6.34. The second kappa shape index (κ2) is 7.67. The van der Waals surface area contributed by atoms with E-state index in [9.17, 15) is 4.79 Å². The van der Waals surface area contributed by atoms with Gasteiger partial charge >= 0.3 is 0 Å². The first kappa shape index (κ1) is 21.4. The van der Waals surface area contributed by atoms with Gasteiger partial charge in [0.05, 0.1) is 22.8 Å². The smallest absolute Gasteiger partial charge is 0.169 e. The van der Waals surface area contributed by atoms with Crippen LogP contribution in [-0.2, 0) is 11.0 Å². The minimum atomic E-state index is -0.255. The molecule has 0 amide bonds. The third-order valence-corrected chi connectivity index (χ3v) is 6.56. The van der Waals surface area contributed by atoms with Crippen LogP contribution in [0.1, 0.15) is 79.3 Å². The van der Waals surface area contributed by atoms with Gasteiger partial charge in [0.15, 0.2) is 5.78 Å². The van der Waals surface area contributed by atoms with E-state index in [1.165, 1.54) is 16.7 Å². The van der Waals surface area contributed by atoms with Crippen LogP contribution >= 0.6 is 0 Å². The lowest BCUT2D eigenvalue weighted by Gasteiger charge is -2.38. The molecule has 0 fully saturated rings. The molecule has 0 saturated carbocycles. The van der Waals surface area contributed by atoms with Crippen molar-refractivity contribution in [3.8, 4) is 0 Å². The van der Waals surface area contributed by atoms with Crippen LogP contribution < -0.4 is 5.32 Å². The number of rotatable bonds is 5. The fourth-order valence-corrected chi connectivity index (χ4v) is 4.72. The number of aromatic nitrogens is 2. The Hall–Kier alpha value is -2.88. The van der Waals surface area contributed by atoms with Crippen LogP contribution in [0, 0.1) is 13.8 Å².